The topological polar surface area (TPSA) is 83.6 Å². The minimum Gasteiger partial charge on any atom is -0.349 e. The Bertz CT molecular complexity index is 998. The fourth-order valence-corrected chi connectivity index (χ4v) is 5.36. The first kappa shape index (κ1) is 21.5. The van der Waals surface area contributed by atoms with E-state index in [1.807, 2.05) is 42.5 Å². The molecule has 1 N–H and O–H groups in total. The fourth-order valence-electron chi connectivity index (χ4n) is 2.86. The van der Waals surface area contributed by atoms with Gasteiger partial charge in [-0.25, -0.2) is 8.42 Å². The average molecular weight is 449 g/mol. The van der Waals surface area contributed by atoms with Gasteiger partial charge in [-0.05, 0) is 24.1 Å². The quantitative estimate of drug-likeness (QED) is 0.510. The summed E-state index contributed by atoms with van der Waals surface area (Å²) in [6, 6.07) is 9.28. The van der Waals surface area contributed by atoms with Crippen LogP contribution in [-0.4, -0.2) is 47.8 Å². The summed E-state index contributed by atoms with van der Waals surface area (Å²) in [5.74, 6) is -0.513. The van der Waals surface area contributed by atoms with Gasteiger partial charge in [-0.2, -0.15) is 0 Å². The Kier molecular flexibility index (Phi) is 7.05. The Morgan fingerprint density at radius 1 is 1.31 bits per heavy atom. The number of thiocarbonyl (C=S) groups is 1. The molecule has 3 rings (SSSR count). The molecule has 1 aromatic rings. The molecule has 29 heavy (non-hydrogen) atoms. The van der Waals surface area contributed by atoms with Gasteiger partial charge in [0.25, 0.3) is 5.91 Å². The van der Waals surface area contributed by atoms with Crippen molar-refractivity contribution in [3.63, 3.8) is 0 Å². The molecule has 1 unspecified atom stereocenters. The molecule has 2 amide bonds. The average Bonchev–Trinajstić information content (AvgIpc) is 3.15. The SMILES string of the molecule is O=C(CCCN1C(=O)C(=CC=Cc2ccccc2)SC1=S)NC1C=CS(=O)(=O)C1. The molecule has 1 fully saturated rings. The third-order valence-electron chi connectivity index (χ3n) is 4.27. The number of hydrogen-bond acceptors (Lipinski definition) is 6. The van der Waals surface area contributed by atoms with Crippen molar-refractivity contribution in [2.75, 3.05) is 12.3 Å². The van der Waals surface area contributed by atoms with E-state index in [1.165, 1.54) is 22.7 Å². The smallest absolute Gasteiger partial charge is 0.266 e. The van der Waals surface area contributed by atoms with E-state index < -0.39 is 15.9 Å². The van der Waals surface area contributed by atoms with Crippen molar-refractivity contribution in [3.05, 3.63) is 64.4 Å². The molecule has 0 spiro atoms. The standard InChI is InChI=1S/C20H20N2O4S3/c23-18(21-16-11-13-29(25,26)14-16)10-5-12-22-19(24)17(28-20(22)27)9-4-8-15-6-2-1-3-7-15/h1-4,6-9,11,13,16H,5,10,12,14H2,(H,21,23). The van der Waals surface area contributed by atoms with Gasteiger partial charge < -0.3 is 5.32 Å². The van der Waals surface area contributed by atoms with Crippen LogP contribution < -0.4 is 5.32 Å². The van der Waals surface area contributed by atoms with Gasteiger partial charge in [-0.1, -0.05) is 66.5 Å². The first-order valence-corrected chi connectivity index (χ1v) is 12.0. The molecule has 1 aromatic carbocycles. The molecular weight excluding hydrogens is 428 g/mol. The second-order valence-electron chi connectivity index (χ2n) is 6.56. The van der Waals surface area contributed by atoms with Crippen LogP contribution in [0, 0.1) is 0 Å². The Balaban J connectivity index is 1.46. The number of amides is 2. The molecular formula is C20H20N2O4S3. The van der Waals surface area contributed by atoms with Crippen LogP contribution in [0.3, 0.4) is 0 Å². The van der Waals surface area contributed by atoms with Crippen LogP contribution in [0.4, 0.5) is 0 Å². The van der Waals surface area contributed by atoms with E-state index in [0.29, 0.717) is 22.2 Å². The molecule has 2 aliphatic heterocycles. The summed E-state index contributed by atoms with van der Waals surface area (Å²) < 4.78 is 23.2. The molecule has 0 aliphatic carbocycles. The summed E-state index contributed by atoms with van der Waals surface area (Å²) in [5.41, 5.74) is 1.04. The maximum atomic E-state index is 12.5. The first-order valence-electron chi connectivity index (χ1n) is 9.01. The van der Waals surface area contributed by atoms with E-state index in [2.05, 4.69) is 5.32 Å². The number of allylic oxidation sites excluding steroid dienone is 2. The van der Waals surface area contributed by atoms with Crippen molar-refractivity contribution in [3.8, 4) is 0 Å². The van der Waals surface area contributed by atoms with Gasteiger partial charge in [-0.3, -0.25) is 14.5 Å². The highest BCUT2D eigenvalue weighted by molar-refractivity contribution is 8.26. The van der Waals surface area contributed by atoms with E-state index in [-0.39, 0.29) is 24.0 Å². The minimum absolute atomic E-state index is 0.102. The number of nitrogens with zero attached hydrogens (tertiary/aromatic N) is 1. The molecule has 6 nitrogen and oxygen atoms in total. The van der Waals surface area contributed by atoms with Gasteiger partial charge in [0, 0.05) is 18.4 Å². The molecule has 1 saturated heterocycles. The van der Waals surface area contributed by atoms with Gasteiger partial charge in [0.15, 0.2) is 9.84 Å². The molecule has 9 heteroatoms. The molecule has 1 atom stereocenters. The van der Waals surface area contributed by atoms with E-state index in [0.717, 1.165) is 11.0 Å². The van der Waals surface area contributed by atoms with Gasteiger partial charge in [0.05, 0.1) is 16.7 Å². The number of nitrogens with one attached hydrogen (secondary N) is 1. The molecule has 2 heterocycles. The second-order valence-corrected chi connectivity index (χ2v) is 10.2. The molecule has 0 bridgehead atoms. The lowest BCUT2D eigenvalue weighted by Crippen LogP contribution is -2.36. The zero-order chi connectivity index (χ0) is 20.9. The van der Waals surface area contributed by atoms with Crippen molar-refractivity contribution < 1.29 is 18.0 Å². The zero-order valence-electron chi connectivity index (χ0n) is 15.5. The highest BCUT2D eigenvalue weighted by atomic mass is 32.2. The van der Waals surface area contributed by atoms with Crippen molar-refractivity contribution in [1.82, 2.24) is 10.2 Å². The normalized spacial score (nSPS) is 22.1. The number of benzene rings is 1. The summed E-state index contributed by atoms with van der Waals surface area (Å²) in [5, 5.41) is 3.79. The van der Waals surface area contributed by atoms with Crippen LogP contribution >= 0.6 is 24.0 Å². The second kappa shape index (κ2) is 9.51. The van der Waals surface area contributed by atoms with Crippen molar-refractivity contribution in [1.29, 1.82) is 0 Å². The summed E-state index contributed by atoms with van der Waals surface area (Å²) >= 11 is 6.53. The number of hydrogen-bond donors (Lipinski definition) is 1. The number of sulfone groups is 1. The maximum absolute atomic E-state index is 12.5. The predicted octanol–water partition coefficient (Wildman–Crippen LogP) is 2.65. The van der Waals surface area contributed by atoms with Crippen molar-refractivity contribution in [2.24, 2.45) is 0 Å². The van der Waals surface area contributed by atoms with Crippen LogP contribution in [0.1, 0.15) is 18.4 Å². The lowest BCUT2D eigenvalue weighted by atomic mass is 10.2. The molecule has 0 radical (unpaired) electrons. The van der Waals surface area contributed by atoms with Gasteiger partial charge in [-0.15, -0.1) is 0 Å². The van der Waals surface area contributed by atoms with Crippen LogP contribution in [0.2, 0.25) is 0 Å². The summed E-state index contributed by atoms with van der Waals surface area (Å²) in [6.45, 7) is 0.344. The Hall–Kier alpha value is -2.23. The van der Waals surface area contributed by atoms with E-state index in [9.17, 15) is 18.0 Å². The lowest BCUT2D eigenvalue weighted by molar-refractivity contribution is -0.124. The number of rotatable bonds is 7. The Labute approximate surface area is 179 Å². The van der Waals surface area contributed by atoms with E-state index in [4.69, 9.17) is 12.2 Å². The summed E-state index contributed by atoms with van der Waals surface area (Å²) in [7, 11) is -3.20. The lowest BCUT2D eigenvalue weighted by Gasteiger charge is -2.15. The molecule has 0 aromatic heterocycles. The van der Waals surface area contributed by atoms with Crippen molar-refractivity contribution >= 4 is 56.0 Å². The largest absolute Gasteiger partial charge is 0.349 e. The van der Waals surface area contributed by atoms with Crippen LogP contribution in [0.5, 0.6) is 0 Å². The molecule has 152 valence electrons. The number of carbonyl (C=O) groups excluding carboxylic acids is 2. The maximum Gasteiger partial charge on any atom is 0.266 e. The number of carbonyl (C=O) groups is 2. The van der Waals surface area contributed by atoms with Crippen LogP contribution in [0.15, 0.2) is 58.9 Å². The zero-order valence-corrected chi connectivity index (χ0v) is 17.9. The minimum atomic E-state index is -3.20. The van der Waals surface area contributed by atoms with Crippen LogP contribution in [0.25, 0.3) is 6.08 Å². The summed E-state index contributed by atoms with van der Waals surface area (Å²) in [4.78, 5) is 26.6. The van der Waals surface area contributed by atoms with Crippen LogP contribution in [-0.2, 0) is 19.4 Å². The monoisotopic (exact) mass is 448 g/mol. The first-order chi connectivity index (χ1) is 13.8. The third-order valence-corrected chi connectivity index (χ3v) is 7.06. The Morgan fingerprint density at radius 3 is 2.76 bits per heavy atom. The van der Waals surface area contributed by atoms with Gasteiger partial charge in [0.2, 0.25) is 5.91 Å². The van der Waals surface area contributed by atoms with Gasteiger partial charge in [0.1, 0.15) is 4.32 Å². The molecule has 2 aliphatic rings. The van der Waals surface area contributed by atoms with E-state index in [1.54, 1.807) is 6.08 Å². The number of thioether (sulfide) groups is 1. The highest BCUT2D eigenvalue weighted by Gasteiger charge is 2.31. The fraction of sp³-hybridized carbons (Fsp3) is 0.250. The Morgan fingerprint density at radius 2 is 2.07 bits per heavy atom. The molecule has 0 saturated carbocycles. The predicted molar refractivity (Wildman–Crippen MR) is 120 cm³/mol. The van der Waals surface area contributed by atoms with Crippen molar-refractivity contribution in [2.45, 2.75) is 18.9 Å². The summed E-state index contributed by atoms with van der Waals surface area (Å²) in [6.07, 6.45) is 7.57. The third kappa shape index (κ3) is 6.12. The van der Waals surface area contributed by atoms with E-state index >= 15 is 0 Å². The highest BCUT2D eigenvalue weighted by Crippen LogP contribution is 2.31. The van der Waals surface area contributed by atoms with Gasteiger partial charge >= 0.3 is 0 Å².